The Hall–Kier alpha value is -2.43. The van der Waals surface area contributed by atoms with Gasteiger partial charge in [-0.25, -0.2) is 0 Å². The second-order valence-electron chi connectivity index (χ2n) is 3.12. The van der Waals surface area contributed by atoms with Gasteiger partial charge < -0.3 is 4.74 Å². The molecule has 1 aromatic carbocycles. The van der Waals surface area contributed by atoms with Crippen LogP contribution in [-0.2, 0) is 9.53 Å². The minimum atomic E-state index is -0.575. The van der Waals surface area contributed by atoms with E-state index in [1.165, 1.54) is 0 Å². The summed E-state index contributed by atoms with van der Waals surface area (Å²) in [6.07, 6.45) is 1.08. The number of hydrogen-bond donors (Lipinski definition) is 2. The molecule has 0 unspecified atom stereocenters. The molecule has 1 saturated heterocycles. The van der Waals surface area contributed by atoms with Crippen molar-refractivity contribution >= 4 is 17.7 Å². The molecule has 2 rings (SSSR count). The summed E-state index contributed by atoms with van der Waals surface area (Å²) in [4.78, 5) is 22.8. The van der Waals surface area contributed by atoms with Crippen LogP contribution in [0, 0.1) is 5.41 Å². The van der Waals surface area contributed by atoms with Crippen LogP contribution in [0.3, 0.4) is 0 Å². The third-order valence-electron chi connectivity index (χ3n) is 1.98. The number of ether oxygens (including phenoxy) is 1. The molecule has 1 heterocycles. The minimum absolute atomic E-state index is 0.154. The van der Waals surface area contributed by atoms with Gasteiger partial charge in [-0.1, -0.05) is 30.3 Å². The summed E-state index contributed by atoms with van der Waals surface area (Å²) < 4.78 is 4.73. The van der Waals surface area contributed by atoms with Crippen molar-refractivity contribution in [3.8, 4) is 0 Å². The molecular formula is C11H8N2O3. The smallest absolute Gasteiger partial charge is 0.295 e. The third-order valence-corrected chi connectivity index (χ3v) is 1.98. The number of amides is 1. The van der Waals surface area contributed by atoms with Crippen molar-refractivity contribution in [2.24, 2.45) is 0 Å². The van der Waals surface area contributed by atoms with E-state index < -0.39 is 5.91 Å². The maximum absolute atomic E-state index is 11.6. The molecule has 80 valence electrons. The van der Waals surface area contributed by atoms with Gasteiger partial charge >= 0.3 is 0 Å². The van der Waals surface area contributed by atoms with Gasteiger partial charge in [0.05, 0.1) is 0 Å². The van der Waals surface area contributed by atoms with Crippen LogP contribution < -0.4 is 5.32 Å². The van der Waals surface area contributed by atoms with Gasteiger partial charge in [0.1, 0.15) is 0 Å². The minimum Gasteiger partial charge on any atom is -0.420 e. The summed E-state index contributed by atoms with van der Waals surface area (Å²) >= 11 is 0. The number of amidine groups is 1. The first-order valence-electron chi connectivity index (χ1n) is 4.55. The highest BCUT2D eigenvalue weighted by molar-refractivity contribution is 6.14. The van der Waals surface area contributed by atoms with Crippen LogP contribution in [0.15, 0.2) is 42.2 Å². The molecule has 5 heteroatoms. The molecule has 5 nitrogen and oxygen atoms in total. The Morgan fingerprint density at radius 3 is 2.56 bits per heavy atom. The van der Waals surface area contributed by atoms with Crippen molar-refractivity contribution in [1.29, 1.82) is 5.41 Å². The molecule has 0 spiro atoms. The molecular weight excluding hydrogens is 208 g/mol. The van der Waals surface area contributed by atoms with Gasteiger partial charge in [-0.3, -0.25) is 20.3 Å². The molecule has 1 aliphatic rings. The van der Waals surface area contributed by atoms with Crippen molar-refractivity contribution in [3.63, 3.8) is 0 Å². The Morgan fingerprint density at radius 2 is 2.00 bits per heavy atom. The summed E-state index contributed by atoms with van der Waals surface area (Å²) in [7, 11) is 0. The quantitative estimate of drug-likeness (QED) is 0.567. The Balaban J connectivity index is 2.22. The van der Waals surface area contributed by atoms with Gasteiger partial charge in [-0.15, -0.1) is 0 Å². The van der Waals surface area contributed by atoms with E-state index in [2.05, 4.69) is 5.32 Å². The molecule has 0 aromatic heterocycles. The highest BCUT2D eigenvalue weighted by atomic mass is 16.5. The molecule has 0 aliphatic carbocycles. The summed E-state index contributed by atoms with van der Waals surface area (Å²) in [5.41, 5.74) is 0.463. The van der Waals surface area contributed by atoms with E-state index in [0.29, 0.717) is 5.56 Å². The summed E-state index contributed by atoms with van der Waals surface area (Å²) in [5, 5.41) is 9.18. The van der Waals surface area contributed by atoms with Crippen molar-refractivity contribution in [2.45, 2.75) is 0 Å². The predicted molar refractivity (Wildman–Crippen MR) is 55.8 cm³/mol. The van der Waals surface area contributed by atoms with Crippen LogP contribution >= 0.6 is 0 Å². The number of hydrogen-bond acceptors (Lipinski definition) is 4. The Morgan fingerprint density at radius 1 is 1.31 bits per heavy atom. The first kappa shape index (κ1) is 10.1. The lowest BCUT2D eigenvalue weighted by Crippen LogP contribution is -2.19. The van der Waals surface area contributed by atoms with Crippen molar-refractivity contribution in [3.05, 3.63) is 47.7 Å². The summed E-state index contributed by atoms with van der Waals surface area (Å²) in [6, 6.07) is 8.15. The fourth-order valence-corrected chi connectivity index (χ4v) is 1.25. The molecule has 0 saturated carbocycles. The van der Waals surface area contributed by atoms with Crippen LogP contribution in [0.1, 0.15) is 10.4 Å². The largest absolute Gasteiger partial charge is 0.420 e. The lowest BCUT2D eigenvalue weighted by atomic mass is 10.1. The predicted octanol–water partition coefficient (Wildman–Crippen LogP) is 0.834. The highest BCUT2D eigenvalue weighted by Gasteiger charge is 2.24. The average Bonchev–Trinajstić information content (AvgIpc) is 2.59. The Kier molecular flexibility index (Phi) is 2.51. The van der Waals surface area contributed by atoms with Gasteiger partial charge in [-0.2, -0.15) is 0 Å². The first-order valence-corrected chi connectivity index (χ1v) is 4.55. The Bertz CT molecular complexity index is 491. The second kappa shape index (κ2) is 3.98. The third kappa shape index (κ3) is 1.98. The van der Waals surface area contributed by atoms with E-state index >= 15 is 0 Å². The average molecular weight is 216 g/mol. The van der Waals surface area contributed by atoms with Gasteiger partial charge in [0.15, 0.2) is 11.5 Å². The van der Waals surface area contributed by atoms with Crippen LogP contribution in [0.25, 0.3) is 0 Å². The number of nitrogens with one attached hydrogen (secondary N) is 2. The van der Waals surface area contributed by atoms with Crippen LogP contribution in [0.5, 0.6) is 0 Å². The lowest BCUT2D eigenvalue weighted by molar-refractivity contribution is -0.116. The number of rotatable bonds is 2. The van der Waals surface area contributed by atoms with E-state index in [0.717, 1.165) is 6.08 Å². The van der Waals surface area contributed by atoms with Gasteiger partial charge in [0, 0.05) is 11.6 Å². The van der Waals surface area contributed by atoms with E-state index in [4.69, 9.17) is 10.1 Å². The molecule has 1 fully saturated rings. The van der Waals surface area contributed by atoms with Gasteiger partial charge in [0.2, 0.25) is 0 Å². The molecule has 1 aromatic rings. The number of ketones is 1. The van der Waals surface area contributed by atoms with E-state index in [1.807, 2.05) is 0 Å². The topological polar surface area (TPSA) is 79.3 Å². The van der Waals surface area contributed by atoms with Crippen LogP contribution in [0.4, 0.5) is 0 Å². The zero-order valence-electron chi connectivity index (χ0n) is 8.19. The standard InChI is InChI=1S/C11H8N2O3/c12-11-13-10(15)9(16-11)6-8(14)7-4-2-1-3-5-7/h1-6H,(H2,12,13,15)/b9-6-. The molecule has 2 N–H and O–H groups in total. The molecule has 1 aliphatic heterocycles. The monoisotopic (exact) mass is 216 g/mol. The summed E-state index contributed by atoms with van der Waals surface area (Å²) in [6.45, 7) is 0. The van der Waals surface area contributed by atoms with Crippen molar-refractivity contribution in [1.82, 2.24) is 5.32 Å². The fourth-order valence-electron chi connectivity index (χ4n) is 1.25. The number of allylic oxidation sites excluding steroid dienone is 1. The zero-order chi connectivity index (χ0) is 11.5. The van der Waals surface area contributed by atoms with Gasteiger partial charge in [0.25, 0.3) is 11.9 Å². The second-order valence-corrected chi connectivity index (χ2v) is 3.12. The Labute approximate surface area is 91.2 Å². The lowest BCUT2D eigenvalue weighted by Gasteiger charge is -1.95. The van der Waals surface area contributed by atoms with E-state index in [-0.39, 0.29) is 17.6 Å². The van der Waals surface area contributed by atoms with Crippen molar-refractivity contribution < 1.29 is 14.3 Å². The maximum atomic E-state index is 11.6. The molecule has 0 bridgehead atoms. The molecule has 0 radical (unpaired) electrons. The number of carbonyl (C=O) groups excluding carboxylic acids is 2. The molecule has 0 atom stereocenters. The van der Waals surface area contributed by atoms with E-state index in [1.54, 1.807) is 30.3 Å². The normalized spacial score (nSPS) is 17.1. The SMILES string of the molecule is N=C1NC(=O)/C(=C/C(=O)c2ccccc2)O1. The zero-order valence-corrected chi connectivity index (χ0v) is 8.19. The van der Waals surface area contributed by atoms with Crippen LogP contribution in [-0.4, -0.2) is 17.7 Å². The van der Waals surface area contributed by atoms with Gasteiger partial charge in [-0.05, 0) is 0 Å². The first-order chi connectivity index (χ1) is 7.66. The number of benzene rings is 1. The summed E-state index contributed by atoms with van der Waals surface area (Å²) in [5.74, 6) is -1.06. The highest BCUT2D eigenvalue weighted by Crippen LogP contribution is 2.08. The van der Waals surface area contributed by atoms with Crippen molar-refractivity contribution in [2.75, 3.05) is 0 Å². The fraction of sp³-hybridized carbons (Fsp3) is 0. The molecule has 16 heavy (non-hydrogen) atoms. The van der Waals surface area contributed by atoms with E-state index in [9.17, 15) is 9.59 Å². The maximum Gasteiger partial charge on any atom is 0.295 e. The molecule has 1 amide bonds. The van der Waals surface area contributed by atoms with Crippen LogP contribution in [0.2, 0.25) is 0 Å². The number of carbonyl (C=O) groups is 2.